The standard InChI is InChI=1S/C26H25N7.ClH/c27-16-17-5-11-29-24(13-17)32-25-15-20(6-12-30-25)19-3-4-22-23(14-19)33(21-7-9-28-10-8-21)26(31-22)18-1-2-18;/h3-6,11-15,18,21,28H,1-2,7-10H2,(H,29,30,32);1H. The van der Waals surface area contributed by atoms with E-state index < -0.39 is 0 Å². The number of benzene rings is 1. The molecule has 0 amide bonds. The molecule has 8 heteroatoms. The first-order chi connectivity index (χ1) is 16.3. The van der Waals surface area contributed by atoms with Gasteiger partial charge in [0, 0.05) is 24.4 Å². The Morgan fingerprint density at radius 2 is 1.65 bits per heavy atom. The van der Waals surface area contributed by atoms with E-state index in [0.717, 1.165) is 42.6 Å². The normalized spacial score (nSPS) is 16.1. The number of nitrogens with one attached hydrogen (secondary N) is 2. The summed E-state index contributed by atoms with van der Waals surface area (Å²) in [5.74, 6) is 3.19. The lowest BCUT2D eigenvalue weighted by Gasteiger charge is -2.26. The van der Waals surface area contributed by atoms with E-state index in [1.165, 1.54) is 24.2 Å². The van der Waals surface area contributed by atoms with Crippen LogP contribution in [-0.2, 0) is 0 Å². The van der Waals surface area contributed by atoms with Crippen LogP contribution in [0.15, 0.2) is 54.9 Å². The number of rotatable bonds is 5. The molecule has 4 aromatic rings. The molecule has 7 nitrogen and oxygen atoms in total. The number of aromatic nitrogens is 4. The van der Waals surface area contributed by atoms with Gasteiger partial charge in [0.25, 0.3) is 0 Å². The van der Waals surface area contributed by atoms with Crippen molar-refractivity contribution in [2.45, 2.75) is 37.6 Å². The third kappa shape index (κ3) is 4.35. The first kappa shape index (κ1) is 22.3. The van der Waals surface area contributed by atoms with Gasteiger partial charge in [0.2, 0.25) is 0 Å². The summed E-state index contributed by atoms with van der Waals surface area (Å²) in [4.78, 5) is 13.8. The molecule has 34 heavy (non-hydrogen) atoms. The van der Waals surface area contributed by atoms with Crippen LogP contribution in [0.1, 0.15) is 49.0 Å². The second-order valence-corrected chi connectivity index (χ2v) is 8.90. The van der Waals surface area contributed by atoms with Gasteiger partial charge in [0.05, 0.1) is 22.7 Å². The molecule has 6 rings (SSSR count). The lowest BCUT2D eigenvalue weighted by atomic mass is 10.0. The topological polar surface area (TPSA) is 91.5 Å². The maximum absolute atomic E-state index is 9.13. The molecule has 0 radical (unpaired) electrons. The summed E-state index contributed by atoms with van der Waals surface area (Å²) in [6.45, 7) is 2.13. The highest BCUT2D eigenvalue weighted by Gasteiger charge is 2.32. The zero-order valence-electron chi connectivity index (χ0n) is 18.7. The molecule has 1 saturated heterocycles. The average Bonchev–Trinajstić information content (AvgIpc) is 3.64. The first-order valence-electron chi connectivity index (χ1n) is 11.6. The number of fused-ring (bicyclic) bond motifs is 1. The molecule has 2 fully saturated rings. The molecule has 0 unspecified atom stereocenters. The van der Waals surface area contributed by atoms with Gasteiger partial charge in [-0.15, -0.1) is 12.4 Å². The lowest BCUT2D eigenvalue weighted by molar-refractivity contribution is 0.367. The van der Waals surface area contributed by atoms with Crippen molar-refractivity contribution in [2.24, 2.45) is 0 Å². The zero-order valence-corrected chi connectivity index (χ0v) is 19.6. The Hall–Kier alpha value is -3.47. The van der Waals surface area contributed by atoms with E-state index in [2.05, 4.69) is 49.4 Å². The number of imidazole rings is 1. The molecule has 3 aromatic heterocycles. The third-order valence-electron chi connectivity index (χ3n) is 6.57. The van der Waals surface area contributed by atoms with Crippen LogP contribution in [0.3, 0.4) is 0 Å². The van der Waals surface area contributed by atoms with E-state index in [1.54, 1.807) is 24.5 Å². The van der Waals surface area contributed by atoms with Crippen molar-refractivity contribution in [3.63, 3.8) is 0 Å². The monoisotopic (exact) mass is 471 g/mol. The van der Waals surface area contributed by atoms with Crippen LogP contribution in [0.5, 0.6) is 0 Å². The Balaban J connectivity index is 0.00000241. The van der Waals surface area contributed by atoms with Crippen LogP contribution in [0.25, 0.3) is 22.2 Å². The number of nitriles is 1. The van der Waals surface area contributed by atoms with Crippen LogP contribution >= 0.6 is 12.4 Å². The molecule has 0 atom stereocenters. The quantitative estimate of drug-likeness (QED) is 0.408. The Labute approximate surface area is 204 Å². The summed E-state index contributed by atoms with van der Waals surface area (Å²) < 4.78 is 2.54. The molecule has 1 aromatic carbocycles. The van der Waals surface area contributed by atoms with Crippen LogP contribution in [0.4, 0.5) is 11.6 Å². The van der Waals surface area contributed by atoms with Crippen LogP contribution in [-0.4, -0.2) is 32.6 Å². The molecular formula is C26H26ClN7. The van der Waals surface area contributed by atoms with E-state index in [4.69, 9.17) is 10.2 Å². The number of hydrogen-bond donors (Lipinski definition) is 2. The second-order valence-electron chi connectivity index (χ2n) is 8.90. The summed E-state index contributed by atoms with van der Waals surface area (Å²) in [6, 6.07) is 16.7. The maximum Gasteiger partial charge on any atom is 0.132 e. The predicted octanol–water partition coefficient (Wildman–Crippen LogP) is 5.33. The minimum Gasteiger partial charge on any atom is -0.325 e. The van der Waals surface area contributed by atoms with Crippen molar-refractivity contribution in [1.82, 2.24) is 24.8 Å². The number of anilines is 2. The van der Waals surface area contributed by atoms with E-state index in [9.17, 15) is 0 Å². The highest BCUT2D eigenvalue weighted by molar-refractivity contribution is 5.85. The molecule has 1 aliphatic heterocycles. The molecule has 2 N–H and O–H groups in total. The molecule has 0 spiro atoms. The highest BCUT2D eigenvalue weighted by atomic mass is 35.5. The Kier molecular flexibility index (Phi) is 6.18. The largest absolute Gasteiger partial charge is 0.325 e. The molecule has 1 aliphatic carbocycles. The van der Waals surface area contributed by atoms with Crippen LogP contribution in [0.2, 0.25) is 0 Å². The summed E-state index contributed by atoms with van der Waals surface area (Å²) >= 11 is 0. The van der Waals surface area contributed by atoms with E-state index in [0.29, 0.717) is 29.2 Å². The van der Waals surface area contributed by atoms with E-state index >= 15 is 0 Å². The van der Waals surface area contributed by atoms with Gasteiger partial charge < -0.3 is 15.2 Å². The summed E-state index contributed by atoms with van der Waals surface area (Å²) in [6.07, 6.45) is 8.22. The van der Waals surface area contributed by atoms with Crippen molar-refractivity contribution in [3.8, 4) is 17.2 Å². The Morgan fingerprint density at radius 1 is 0.912 bits per heavy atom. The molecule has 0 bridgehead atoms. The fourth-order valence-corrected chi connectivity index (χ4v) is 4.75. The van der Waals surface area contributed by atoms with Gasteiger partial charge in [-0.2, -0.15) is 5.26 Å². The van der Waals surface area contributed by atoms with Gasteiger partial charge in [-0.25, -0.2) is 15.0 Å². The fourth-order valence-electron chi connectivity index (χ4n) is 4.75. The van der Waals surface area contributed by atoms with Crippen molar-refractivity contribution in [3.05, 3.63) is 66.2 Å². The highest BCUT2D eigenvalue weighted by Crippen LogP contribution is 2.43. The summed E-state index contributed by atoms with van der Waals surface area (Å²) in [7, 11) is 0. The molecule has 1 saturated carbocycles. The van der Waals surface area contributed by atoms with Crippen LogP contribution < -0.4 is 10.6 Å². The zero-order chi connectivity index (χ0) is 22.2. The lowest BCUT2D eigenvalue weighted by Crippen LogP contribution is -2.30. The van der Waals surface area contributed by atoms with Crippen molar-refractivity contribution in [2.75, 3.05) is 18.4 Å². The first-order valence-corrected chi connectivity index (χ1v) is 11.6. The van der Waals surface area contributed by atoms with Gasteiger partial charge in [0.15, 0.2) is 0 Å². The average molecular weight is 472 g/mol. The summed E-state index contributed by atoms with van der Waals surface area (Å²) in [5.41, 5.74) is 5.10. The smallest absolute Gasteiger partial charge is 0.132 e. The number of halogens is 1. The maximum atomic E-state index is 9.13. The van der Waals surface area contributed by atoms with Crippen molar-refractivity contribution in [1.29, 1.82) is 5.26 Å². The van der Waals surface area contributed by atoms with Gasteiger partial charge in [-0.05, 0) is 86.3 Å². The Bertz CT molecular complexity index is 1360. The summed E-state index contributed by atoms with van der Waals surface area (Å²) in [5, 5.41) is 15.8. The number of hydrogen-bond acceptors (Lipinski definition) is 6. The van der Waals surface area contributed by atoms with Gasteiger partial charge >= 0.3 is 0 Å². The minimum absolute atomic E-state index is 0. The molecule has 172 valence electrons. The molecule has 2 aliphatic rings. The van der Waals surface area contributed by atoms with Crippen LogP contribution in [0, 0.1) is 11.3 Å². The molecular weight excluding hydrogens is 446 g/mol. The van der Waals surface area contributed by atoms with E-state index in [-0.39, 0.29) is 12.4 Å². The number of nitrogens with zero attached hydrogens (tertiary/aromatic N) is 5. The van der Waals surface area contributed by atoms with E-state index in [1.807, 2.05) is 12.1 Å². The Morgan fingerprint density at radius 3 is 2.41 bits per heavy atom. The SMILES string of the molecule is Cl.N#Cc1ccnc(Nc2cc(-c3ccc4nc(C5CC5)n(C5CCNCC5)c4c3)ccn2)c1. The van der Waals surface area contributed by atoms with Crippen molar-refractivity contribution >= 4 is 35.1 Å². The number of pyridine rings is 2. The van der Waals surface area contributed by atoms with Gasteiger partial charge in [-0.1, -0.05) is 6.07 Å². The third-order valence-corrected chi connectivity index (χ3v) is 6.57. The molecule has 4 heterocycles. The second kappa shape index (κ2) is 9.41. The van der Waals surface area contributed by atoms with Gasteiger partial charge in [-0.3, -0.25) is 0 Å². The van der Waals surface area contributed by atoms with Gasteiger partial charge in [0.1, 0.15) is 17.5 Å². The fraction of sp³-hybridized carbons (Fsp3) is 0.308. The number of piperidine rings is 1. The minimum atomic E-state index is 0. The van der Waals surface area contributed by atoms with Crippen molar-refractivity contribution < 1.29 is 0 Å². The predicted molar refractivity (Wildman–Crippen MR) is 136 cm³/mol.